The number of hydrogen-bond acceptors (Lipinski definition) is 6. The standard InChI is InChI=1S/C33H37N7O5/c1-4-5-14-26(29(41)33(45)35-19-22-11-7-6-8-12-22)38-31(43)27(18-23-20-34-25-15-10-9-13-24(23)25)39-30(42)21(2)37-32(44)28-16-17-36-40(28)3/h6-13,15-18,20-21,26,34H,4-5,14,19H2,1-3H3,(H,35,45)(H,37,44)(H,38,43)(H,39,42)/b27-18+/t21-,26-/m0/s1. The van der Waals surface area contributed by atoms with Gasteiger partial charge in [-0.15, -0.1) is 0 Å². The van der Waals surface area contributed by atoms with Crippen LogP contribution in [0.25, 0.3) is 17.0 Å². The van der Waals surface area contributed by atoms with Crippen LogP contribution in [0.3, 0.4) is 0 Å². The zero-order valence-corrected chi connectivity index (χ0v) is 25.4. The number of ketones is 1. The molecule has 2 aromatic heterocycles. The maximum Gasteiger partial charge on any atom is 0.289 e. The molecule has 2 aromatic carbocycles. The van der Waals surface area contributed by atoms with E-state index in [4.69, 9.17) is 0 Å². The van der Waals surface area contributed by atoms with Crippen molar-refractivity contribution >= 4 is 46.4 Å². The van der Waals surface area contributed by atoms with Crippen molar-refractivity contribution in [3.63, 3.8) is 0 Å². The summed E-state index contributed by atoms with van der Waals surface area (Å²) in [4.78, 5) is 68.8. The van der Waals surface area contributed by atoms with Crippen LogP contribution in [0.2, 0.25) is 0 Å². The van der Waals surface area contributed by atoms with Gasteiger partial charge in [0.2, 0.25) is 11.7 Å². The summed E-state index contributed by atoms with van der Waals surface area (Å²) >= 11 is 0. The molecule has 12 heteroatoms. The Morgan fingerprint density at radius 2 is 1.69 bits per heavy atom. The zero-order valence-electron chi connectivity index (χ0n) is 25.4. The molecular weight excluding hydrogens is 574 g/mol. The number of carbonyl (C=O) groups is 5. The molecule has 0 aliphatic carbocycles. The highest BCUT2D eigenvalue weighted by Crippen LogP contribution is 2.20. The number of aromatic amines is 1. The molecule has 0 radical (unpaired) electrons. The molecule has 234 valence electrons. The molecule has 0 aliphatic rings. The Kier molecular flexibility index (Phi) is 11.0. The first-order valence-corrected chi connectivity index (χ1v) is 14.7. The first-order chi connectivity index (χ1) is 21.7. The normalized spacial score (nSPS) is 12.6. The molecule has 0 unspecified atom stereocenters. The van der Waals surface area contributed by atoms with E-state index in [2.05, 4.69) is 31.3 Å². The van der Waals surface area contributed by atoms with Gasteiger partial charge in [-0.05, 0) is 37.1 Å². The average Bonchev–Trinajstić information content (AvgIpc) is 3.67. The average molecular weight is 612 g/mol. The molecule has 4 aromatic rings. The van der Waals surface area contributed by atoms with Crippen molar-refractivity contribution in [1.29, 1.82) is 0 Å². The minimum Gasteiger partial charge on any atom is -0.361 e. The van der Waals surface area contributed by atoms with Crippen LogP contribution in [0.5, 0.6) is 0 Å². The number of nitrogens with zero attached hydrogens (tertiary/aromatic N) is 2. The lowest BCUT2D eigenvalue weighted by molar-refractivity contribution is -0.140. The molecule has 5 N–H and O–H groups in total. The number of carbonyl (C=O) groups excluding carboxylic acids is 5. The highest BCUT2D eigenvalue weighted by molar-refractivity contribution is 6.38. The largest absolute Gasteiger partial charge is 0.361 e. The predicted octanol–water partition coefficient (Wildman–Crippen LogP) is 2.74. The summed E-state index contributed by atoms with van der Waals surface area (Å²) in [6.45, 7) is 3.57. The predicted molar refractivity (Wildman–Crippen MR) is 169 cm³/mol. The second-order valence-electron chi connectivity index (χ2n) is 10.6. The maximum atomic E-state index is 13.7. The van der Waals surface area contributed by atoms with E-state index >= 15 is 0 Å². The van der Waals surface area contributed by atoms with Crippen molar-refractivity contribution in [3.8, 4) is 0 Å². The highest BCUT2D eigenvalue weighted by Gasteiger charge is 2.29. The summed E-state index contributed by atoms with van der Waals surface area (Å²) in [6.07, 6.45) is 6.17. The first-order valence-electron chi connectivity index (χ1n) is 14.7. The molecule has 0 bridgehead atoms. The van der Waals surface area contributed by atoms with E-state index < -0.39 is 41.5 Å². The van der Waals surface area contributed by atoms with E-state index in [-0.39, 0.29) is 24.4 Å². The Bertz CT molecular complexity index is 1710. The van der Waals surface area contributed by atoms with Gasteiger partial charge < -0.3 is 26.3 Å². The lowest BCUT2D eigenvalue weighted by Crippen LogP contribution is -2.50. The van der Waals surface area contributed by atoms with Gasteiger partial charge >= 0.3 is 0 Å². The van der Waals surface area contributed by atoms with Gasteiger partial charge in [0.25, 0.3) is 17.7 Å². The quantitative estimate of drug-likeness (QED) is 0.109. The second-order valence-corrected chi connectivity index (χ2v) is 10.6. The number of hydrogen-bond donors (Lipinski definition) is 5. The molecular formula is C33H37N7O5. The molecule has 0 aliphatic heterocycles. The van der Waals surface area contributed by atoms with Crippen LogP contribution in [0.15, 0.2) is 78.8 Å². The number of unbranched alkanes of at least 4 members (excludes halogenated alkanes) is 1. The van der Waals surface area contributed by atoms with Crippen LogP contribution in [-0.4, -0.2) is 56.3 Å². The van der Waals surface area contributed by atoms with Gasteiger partial charge in [0.15, 0.2) is 0 Å². The minimum atomic E-state index is -1.13. The molecule has 4 amide bonds. The number of amides is 4. The molecule has 0 spiro atoms. The number of benzene rings is 2. The van der Waals surface area contributed by atoms with Crippen LogP contribution < -0.4 is 21.3 Å². The molecule has 45 heavy (non-hydrogen) atoms. The zero-order chi connectivity index (χ0) is 32.3. The molecule has 2 atom stereocenters. The van der Waals surface area contributed by atoms with Crippen LogP contribution in [0.1, 0.15) is 54.7 Å². The van der Waals surface area contributed by atoms with Crippen LogP contribution in [0, 0.1) is 0 Å². The van der Waals surface area contributed by atoms with Crippen LogP contribution >= 0.6 is 0 Å². The number of fused-ring (bicyclic) bond motifs is 1. The van der Waals surface area contributed by atoms with Crippen LogP contribution in [0.4, 0.5) is 0 Å². The fourth-order valence-corrected chi connectivity index (χ4v) is 4.64. The highest BCUT2D eigenvalue weighted by atomic mass is 16.2. The van der Waals surface area contributed by atoms with E-state index in [0.29, 0.717) is 12.0 Å². The summed E-state index contributed by atoms with van der Waals surface area (Å²) in [5.74, 6) is -3.55. The fourth-order valence-electron chi connectivity index (χ4n) is 4.64. The van der Waals surface area contributed by atoms with Crippen LogP contribution in [-0.2, 0) is 32.8 Å². The molecule has 0 saturated carbocycles. The van der Waals surface area contributed by atoms with Gasteiger partial charge in [0.05, 0.1) is 6.04 Å². The van der Waals surface area contributed by atoms with E-state index in [1.54, 1.807) is 13.2 Å². The van der Waals surface area contributed by atoms with Crippen molar-refractivity contribution in [3.05, 3.63) is 95.6 Å². The number of para-hydroxylation sites is 1. The van der Waals surface area contributed by atoms with Crippen molar-refractivity contribution in [2.75, 3.05) is 0 Å². The summed E-state index contributed by atoms with van der Waals surface area (Å²) in [5, 5.41) is 15.3. The smallest absolute Gasteiger partial charge is 0.289 e. The second kappa shape index (κ2) is 15.3. The van der Waals surface area contributed by atoms with E-state index in [1.165, 1.54) is 29.9 Å². The lowest BCUT2D eigenvalue weighted by atomic mass is 10.0. The Morgan fingerprint density at radius 1 is 0.956 bits per heavy atom. The Labute approximate surface area is 260 Å². The molecule has 0 saturated heterocycles. The van der Waals surface area contributed by atoms with Gasteiger partial charge in [-0.2, -0.15) is 5.10 Å². The lowest BCUT2D eigenvalue weighted by Gasteiger charge is -2.20. The van der Waals surface area contributed by atoms with Gasteiger partial charge in [0.1, 0.15) is 17.4 Å². The SMILES string of the molecule is CCCC[C@H](NC(=O)/C(=C\c1c[nH]c2ccccc12)NC(=O)[C@H](C)NC(=O)c1ccnn1C)C(=O)C(=O)NCc1ccccc1. The molecule has 2 heterocycles. The summed E-state index contributed by atoms with van der Waals surface area (Å²) in [6, 6.07) is 15.9. The molecule has 0 fully saturated rings. The van der Waals surface area contributed by atoms with Gasteiger partial charge in [-0.25, -0.2) is 0 Å². The summed E-state index contributed by atoms with van der Waals surface area (Å²) in [5.41, 5.74) is 2.34. The third-order valence-electron chi connectivity index (χ3n) is 7.21. The number of rotatable bonds is 14. The molecule has 12 nitrogen and oxygen atoms in total. The van der Waals surface area contributed by atoms with Crippen molar-refractivity contribution in [1.82, 2.24) is 36.0 Å². The third-order valence-corrected chi connectivity index (χ3v) is 7.21. The topological polar surface area (TPSA) is 167 Å². The Hall–Kier alpha value is -5.52. The van der Waals surface area contributed by atoms with E-state index in [9.17, 15) is 24.0 Å². The summed E-state index contributed by atoms with van der Waals surface area (Å²) < 4.78 is 1.37. The van der Waals surface area contributed by atoms with E-state index in [1.807, 2.05) is 61.5 Å². The van der Waals surface area contributed by atoms with Crippen molar-refractivity contribution < 1.29 is 24.0 Å². The number of H-pyrrole nitrogens is 1. The van der Waals surface area contributed by atoms with Gasteiger partial charge in [-0.1, -0.05) is 68.3 Å². The number of Topliss-reactive ketones (excluding diaryl/α,β-unsaturated/α-hetero) is 1. The number of aromatic nitrogens is 3. The monoisotopic (exact) mass is 611 g/mol. The fraction of sp³-hybridized carbons (Fsp3) is 0.273. The third kappa shape index (κ3) is 8.53. The minimum absolute atomic E-state index is 0.157. The van der Waals surface area contributed by atoms with Crippen molar-refractivity contribution in [2.45, 2.75) is 51.7 Å². The number of aryl methyl sites for hydroxylation is 1. The maximum absolute atomic E-state index is 13.7. The Morgan fingerprint density at radius 3 is 2.40 bits per heavy atom. The van der Waals surface area contributed by atoms with Gasteiger partial charge in [-0.3, -0.25) is 28.7 Å². The number of nitrogens with one attached hydrogen (secondary N) is 5. The summed E-state index contributed by atoms with van der Waals surface area (Å²) in [7, 11) is 1.60. The van der Waals surface area contributed by atoms with Crippen molar-refractivity contribution in [2.24, 2.45) is 7.05 Å². The molecule has 4 rings (SSSR count). The first kappa shape index (κ1) is 32.4. The Balaban J connectivity index is 1.54. The van der Waals surface area contributed by atoms with Gasteiger partial charge in [0, 0.05) is 42.5 Å². The van der Waals surface area contributed by atoms with E-state index in [0.717, 1.165) is 22.9 Å².